The first-order chi connectivity index (χ1) is 8.26. The highest BCUT2D eigenvalue weighted by Gasteiger charge is 2.10. The first-order valence-corrected chi connectivity index (χ1v) is 5.83. The standard InChI is InChI=1S/C10H8FN5S/c1-3-17-10-13-14-15-16(10)7-4-5-9(12-2)8(11)6-7/h4-6H,3H2,1H3. The third kappa shape index (κ3) is 2.26. The molecule has 17 heavy (non-hydrogen) atoms. The van der Waals surface area contributed by atoms with E-state index in [1.807, 2.05) is 6.92 Å². The average Bonchev–Trinajstić information content (AvgIpc) is 2.78. The van der Waals surface area contributed by atoms with E-state index in [0.29, 0.717) is 10.8 Å². The van der Waals surface area contributed by atoms with Crippen LogP contribution in [-0.4, -0.2) is 26.0 Å². The number of halogens is 1. The summed E-state index contributed by atoms with van der Waals surface area (Å²) < 4.78 is 14.9. The summed E-state index contributed by atoms with van der Waals surface area (Å²) in [5.41, 5.74) is 0.502. The number of tetrazole rings is 1. The molecule has 0 saturated carbocycles. The van der Waals surface area contributed by atoms with Gasteiger partial charge in [-0.3, -0.25) is 0 Å². The Morgan fingerprint density at radius 2 is 2.35 bits per heavy atom. The second kappa shape index (κ2) is 4.93. The van der Waals surface area contributed by atoms with Crippen molar-refractivity contribution in [2.45, 2.75) is 12.1 Å². The summed E-state index contributed by atoms with van der Waals surface area (Å²) in [5.74, 6) is 0.253. The quantitative estimate of drug-likeness (QED) is 0.619. The van der Waals surface area contributed by atoms with E-state index in [2.05, 4.69) is 20.4 Å². The summed E-state index contributed by atoms with van der Waals surface area (Å²) in [6.45, 7) is 8.75. The third-order valence-corrected chi connectivity index (χ3v) is 2.81. The molecule has 0 amide bonds. The van der Waals surface area contributed by atoms with Gasteiger partial charge in [-0.1, -0.05) is 24.8 Å². The van der Waals surface area contributed by atoms with Crippen LogP contribution in [-0.2, 0) is 0 Å². The minimum Gasteiger partial charge on any atom is -0.235 e. The maximum Gasteiger partial charge on any atom is 0.222 e. The molecular weight excluding hydrogens is 241 g/mol. The first kappa shape index (κ1) is 11.5. The molecular formula is C10H8FN5S. The average molecular weight is 249 g/mol. The SMILES string of the molecule is [C-]#[N+]c1ccc(-n2nnnc2SCC)cc1F. The number of rotatable bonds is 3. The molecule has 0 radical (unpaired) electrons. The highest BCUT2D eigenvalue weighted by Crippen LogP contribution is 2.23. The van der Waals surface area contributed by atoms with Crippen LogP contribution in [0.25, 0.3) is 10.5 Å². The van der Waals surface area contributed by atoms with Gasteiger partial charge in [0, 0.05) is 0 Å². The van der Waals surface area contributed by atoms with Gasteiger partial charge in [-0.2, -0.15) is 4.68 Å². The molecule has 0 saturated heterocycles. The minimum absolute atomic E-state index is 0.00785. The predicted molar refractivity (Wildman–Crippen MR) is 61.8 cm³/mol. The number of hydrogen-bond donors (Lipinski definition) is 0. The van der Waals surface area contributed by atoms with E-state index in [0.717, 1.165) is 5.75 Å². The van der Waals surface area contributed by atoms with Crippen molar-refractivity contribution in [2.24, 2.45) is 0 Å². The lowest BCUT2D eigenvalue weighted by atomic mass is 10.3. The van der Waals surface area contributed by atoms with E-state index < -0.39 is 5.82 Å². The largest absolute Gasteiger partial charge is 0.235 e. The molecule has 0 aliphatic rings. The molecule has 5 nitrogen and oxygen atoms in total. The molecule has 0 fully saturated rings. The minimum atomic E-state index is -0.569. The maximum atomic E-state index is 13.5. The van der Waals surface area contributed by atoms with Crippen LogP contribution in [0, 0.1) is 12.4 Å². The third-order valence-electron chi connectivity index (χ3n) is 2.01. The lowest BCUT2D eigenvalue weighted by Gasteiger charge is -2.03. The zero-order chi connectivity index (χ0) is 12.3. The van der Waals surface area contributed by atoms with Crippen LogP contribution in [0.2, 0.25) is 0 Å². The van der Waals surface area contributed by atoms with Crippen LogP contribution in [0.4, 0.5) is 10.1 Å². The lowest BCUT2D eigenvalue weighted by Crippen LogP contribution is -1.99. The second-order valence-electron chi connectivity index (χ2n) is 3.05. The Kier molecular flexibility index (Phi) is 3.35. The highest BCUT2D eigenvalue weighted by molar-refractivity contribution is 7.99. The Morgan fingerprint density at radius 3 is 3.00 bits per heavy atom. The van der Waals surface area contributed by atoms with Crippen molar-refractivity contribution < 1.29 is 4.39 Å². The highest BCUT2D eigenvalue weighted by atomic mass is 32.2. The molecule has 86 valence electrons. The molecule has 0 aliphatic heterocycles. The van der Waals surface area contributed by atoms with Gasteiger partial charge in [0.25, 0.3) is 0 Å². The smallest absolute Gasteiger partial charge is 0.222 e. The Balaban J connectivity index is 2.43. The van der Waals surface area contributed by atoms with Gasteiger partial charge in [0.05, 0.1) is 12.3 Å². The second-order valence-corrected chi connectivity index (χ2v) is 4.28. The molecule has 7 heteroatoms. The Bertz CT molecular complexity index is 574. The fourth-order valence-corrected chi connectivity index (χ4v) is 1.89. The number of hydrogen-bond acceptors (Lipinski definition) is 4. The van der Waals surface area contributed by atoms with Crippen molar-refractivity contribution in [3.63, 3.8) is 0 Å². The van der Waals surface area contributed by atoms with Crippen molar-refractivity contribution in [1.82, 2.24) is 20.2 Å². The van der Waals surface area contributed by atoms with E-state index in [4.69, 9.17) is 6.57 Å². The molecule has 1 heterocycles. The summed E-state index contributed by atoms with van der Waals surface area (Å²) in [7, 11) is 0. The molecule has 0 spiro atoms. The zero-order valence-corrected chi connectivity index (χ0v) is 9.78. The van der Waals surface area contributed by atoms with Crippen molar-refractivity contribution in [3.05, 3.63) is 35.4 Å². The summed E-state index contributed by atoms with van der Waals surface area (Å²) in [4.78, 5) is 3.06. The van der Waals surface area contributed by atoms with Crippen LogP contribution >= 0.6 is 11.8 Å². The van der Waals surface area contributed by atoms with Gasteiger partial charge >= 0.3 is 0 Å². The van der Waals surface area contributed by atoms with Gasteiger partial charge in [0.15, 0.2) is 0 Å². The van der Waals surface area contributed by atoms with E-state index >= 15 is 0 Å². The topological polar surface area (TPSA) is 48.0 Å². The number of benzene rings is 1. The van der Waals surface area contributed by atoms with Crippen molar-refractivity contribution in [3.8, 4) is 5.69 Å². The monoisotopic (exact) mass is 249 g/mol. The molecule has 0 N–H and O–H groups in total. The van der Waals surface area contributed by atoms with E-state index in [9.17, 15) is 4.39 Å². The zero-order valence-electron chi connectivity index (χ0n) is 8.96. The van der Waals surface area contributed by atoms with Crippen LogP contribution in [0.5, 0.6) is 0 Å². The van der Waals surface area contributed by atoms with E-state index in [1.165, 1.54) is 28.6 Å². The van der Waals surface area contributed by atoms with Gasteiger partial charge in [0.1, 0.15) is 5.82 Å². The Labute approximate surface area is 101 Å². The summed E-state index contributed by atoms with van der Waals surface area (Å²) in [6, 6.07) is 4.29. The van der Waals surface area contributed by atoms with Crippen molar-refractivity contribution in [1.29, 1.82) is 0 Å². The van der Waals surface area contributed by atoms with Gasteiger partial charge in [-0.15, -0.1) is 5.10 Å². The molecule has 0 bridgehead atoms. The fourth-order valence-electron chi connectivity index (χ4n) is 1.28. The van der Waals surface area contributed by atoms with Gasteiger partial charge in [-0.05, 0) is 28.3 Å². The molecule has 0 aliphatic carbocycles. The van der Waals surface area contributed by atoms with E-state index in [1.54, 1.807) is 6.07 Å². The summed E-state index contributed by atoms with van der Waals surface area (Å²) >= 11 is 1.46. The molecule has 0 unspecified atom stereocenters. The number of thioether (sulfide) groups is 1. The normalized spacial score (nSPS) is 10.2. The molecule has 0 atom stereocenters. The predicted octanol–water partition coefficient (Wildman–Crippen LogP) is 2.46. The number of nitrogens with zero attached hydrogens (tertiary/aromatic N) is 5. The van der Waals surface area contributed by atoms with Crippen molar-refractivity contribution in [2.75, 3.05) is 5.75 Å². The van der Waals surface area contributed by atoms with Gasteiger partial charge in [0.2, 0.25) is 10.8 Å². The Morgan fingerprint density at radius 1 is 1.53 bits per heavy atom. The van der Waals surface area contributed by atoms with Gasteiger partial charge < -0.3 is 0 Å². The lowest BCUT2D eigenvalue weighted by molar-refractivity contribution is 0.629. The van der Waals surface area contributed by atoms with Crippen LogP contribution < -0.4 is 0 Å². The molecule has 1 aromatic heterocycles. The summed E-state index contributed by atoms with van der Waals surface area (Å²) in [6.07, 6.45) is 0. The van der Waals surface area contributed by atoms with Crippen LogP contribution in [0.15, 0.2) is 23.4 Å². The fraction of sp³-hybridized carbons (Fsp3) is 0.200. The molecule has 1 aromatic carbocycles. The summed E-state index contributed by atoms with van der Waals surface area (Å²) in [5, 5.41) is 11.8. The van der Waals surface area contributed by atoms with Gasteiger partial charge in [-0.25, -0.2) is 9.24 Å². The number of aromatic nitrogens is 4. The molecule has 2 aromatic rings. The molecule has 2 rings (SSSR count). The van der Waals surface area contributed by atoms with Crippen LogP contribution in [0.1, 0.15) is 6.92 Å². The van der Waals surface area contributed by atoms with Crippen LogP contribution in [0.3, 0.4) is 0 Å². The maximum absolute atomic E-state index is 13.5. The van der Waals surface area contributed by atoms with Crippen molar-refractivity contribution >= 4 is 17.4 Å². The Hall–Kier alpha value is -1.94. The van der Waals surface area contributed by atoms with E-state index in [-0.39, 0.29) is 5.69 Å². The first-order valence-electron chi connectivity index (χ1n) is 4.84.